The van der Waals surface area contributed by atoms with Crippen molar-refractivity contribution in [3.05, 3.63) is 35.0 Å². The second-order valence-corrected chi connectivity index (χ2v) is 4.34. The van der Waals surface area contributed by atoms with Crippen molar-refractivity contribution in [3.8, 4) is 0 Å². The predicted molar refractivity (Wildman–Crippen MR) is 69.9 cm³/mol. The molecule has 0 aliphatic heterocycles. The molecular weight excluding hydrogens is 254 g/mol. The van der Waals surface area contributed by atoms with Crippen LogP contribution >= 0.6 is 11.6 Å². The minimum Gasteiger partial charge on any atom is -0.451 e. The summed E-state index contributed by atoms with van der Waals surface area (Å²) in [6.07, 6.45) is 0. The van der Waals surface area contributed by atoms with Gasteiger partial charge in [0.25, 0.3) is 5.91 Å². The number of fused-ring (bicyclic) bond motifs is 1. The topological polar surface area (TPSA) is 53.7 Å². The maximum absolute atomic E-state index is 12.1. The highest BCUT2D eigenvalue weighted by Gasteiger charge is 2.18. The van der Waals surface area contributed by atoms with Gasteiger partial charge in [0.05, 0.1) is 6.61 Å². The number of carbonyl (C=O) groups is 1. The van der Waals surface area contributed by atoms with Gasteiger partial charge in [-0.3, -0.25) is 4.79 Å². The summed E-state index contributed by atoms with van der Waals surface area (Å²) < 4.78 is 5.48. The first-order chi connectivity index (χ1) is 8.65. The second kappa shape index (κ2) is 5.42. The number of likely N-dealkylation sites (N-methyl/N-ethyl adjacent to an activating group) is 1. The fourth-order valence-corrected chi connectivity index (χ4v) is 1.98. The molecule has 0 aliphatic carbocycles. The molecule has 0 fully saturated rings. The van der Waals surface area contributed by atoms with E-state index < -0.39 is 0 Å². The maximum Gasteiger partial charge on any atom is 0.289 e. The number of nitrogens with zero attached hydrogens (tertiary/aromatic N) is 1. The van der Waals surface area contributed by atoms with Gasteiger partial charge < -0.3 is 14.4 Å². The molecule has 4 nitrogen and oxygen atoms in total. The lowest BCUT2D eigenvalue weighted by molar-refractivity contribution is 0.0702. The molecule has 0 saturated heterocycles. The van der Waals surface area contributed by atoms with Gasteiger partial charge in [-0.15, -0.1) is 0 Å². The zero-order valence-corrected chi connectivity index (χ0v) is 10.8. The molecule has 0 spiro atoms. The van der Waals surface area contributed by atoms with E-state index in [2.05, 4.69) is 0 Å². The highest BCUT2D eigenvalue weighted by Crippen LogP contribution is 2.23. The van der Waals surface area contributed by atoms with E-state index in [4.69, 9.17) is 21.1 Å². The molecule has 1 amide bonds. The van der Waals surface area contributed by atoms with E-state index in [1.165, 1.54) is 4.90 Å². The summed E-state index contributed by atoms with van der Waals surface area (Å²) in [4.78, 5) is 13.6. The SMILES string of the molecule is CCN(CCO)C(=O)c1cc2cc(Cl)ccc2o1. The van der Waals surface area contributed by atoms with Crippen LogP contribution in [0, 0.1) is 0 Å². The highest BCUT2D eigenvalue weighted by molar-refractivity contribution is 6.31. The van der Waals surface area contributed by atoms with Gasteiger partial charge in [0.2, 0.25) is 0 Å². The van der Waals surface area contributed by atoms with Gasteiger partial charge in [-0.25, -0.2) is 0 Å². The molecule has 5 heteroatoms. The molecule has 1 aromatic carbocycles. The average Bonchev–Trinajstić information content (AvgIpc) is 2.77. The van der Waals surface area contributed by atoms with Crippen molar-refractivity contribution >= 4 is 28.5 Å². The van der Waals surface area contributed by atoms with Crippen molar-refractivity contribution in [2.75, 3.05) is 19.7 Å². The molecule has 96 valence electrons. The van der Waals surface area contributed by atoms with Crippen molar-refractivity contribution in [1.82, 2.24) is 4.90 Å². The third kappa shape index (κ3) is 2.49. The molecular formula is C13H14ClNO3. The number of aliphatic hydroxyl groups excluding tert-OH is 1. The molecule has 0 saturated carbocycles. The van der Waals surface area contributed by atoms with Crippen LogP contribution in [0.15, 0.2) is 28.7 Å². The van der Waals surface area contributed by atoms with E-state index in [1.807, 2.05) is 6.92 Å². The number of hydrogen-bond acceptors (Lipinski definition) is 3. The number of rotatable bonds is 4. The quantitative estimate of drug-likeness (QED) is 0.926. The Morgan fingerprint density at radius 3 is 2.89 bits per heavy atom. The van der Waals surface area contributed by atoms with Gasteiger partial charge >= 0.3 is 0 Å². The zero-order chi connectivity index (χ0) is 13.1. The van der Waals surface area contributed by atoms with Crippen LogP contribution in [0.5, 0.6) is 0 Å². The highest BCUT2D eigenvalue weighted by atomic mass is 35.5. The van der Waals surface area contributed by atoms with E-state index >= 15 is 0 Å². The Labute approximate surface area is 110 Å². The Morgan fingerprint density at radius 2 is 2.22 bits per heavy atom. The summed E-state index contributed by atoms with van der Waals surface area (Å²) in [6, 6.07) is 6.87. The summed E-state index contributed by atoms with van der Waals surface area (Å²) in [6.45, 7) is 2.61. The molecule has 0 aliphatic rings. The van der Waals surface area contributed by atoms with Crippen LogP contribution in [0.3, 0.4) is 0 Å². The summed E-state index contributed by atoms with van der Waals surface area (Å²) in [5.41, 5.74) is 0.628. The molecule has 1 aromatic heterocycles. The van der Waals surface area contributed by atoms with Crippen LogP contribution in [0.25, 0.3) is 11.0 Å². The third-order valence-corrected chi connectivity index (χ3v) is 2.96. The van der Waals surface area contributed by atoms with Gasteiger partial charge in [-0.05, 0) is 31.2 Å². The summed E-state index contributed by atoms with van der Waals surface area (Å²) >= 11 is 5.88. The Hall–Kier alpha value is -1.52. The normalized spacial score (nSPS) is 10.8. The number of benzene rings is 1. The van der Waals surface area contributed by atoms with Crippen molar-refractivity contribution in [2.45, 2.75) is 6.92 Å². The number of hydrogen-bond donors (Lipinski definition) is 1. The lowest BCUT2D eigenvalue weighted by atomic mass is 10.2. The van der Waals surface area contributed by atoms with E-state index in [0.717, 1.165) is 5.39 Å². The minimum atomic E-state index is -0.223. The number of carbonyl (C=O) groups excluding carboxylic acids is 1. The van der Waals surface area contributed by atoms with Gasteiger partial charge in [-0.1, -0.05) is 11.6 Å². The number of amides is 1. The molecule has 2 rings (SSSR count). The van der Waals surface area contributed by atoms with Crippen molar-refractivity contribution in [3.63, 3.8) is 0 Å². The van der Waals surface area contributed by atoms with Gasteiger partial charge in [-0.2, -0.15) is 0 Å². The zero-order valence-electron chi connectivity index (χ0n) is 10.0. The van der Waals surface area contributed by atoms with Gasteiger partial charge in [0.1, 0.15) is 5.58 Å². The van der Waals surface area contributed by atoms with Gasteiger partial charge in [0, 0.05) is 23.5 Å². The predicted octanol–water partition coefficient (Wildman–Crippen LogP) is 2.54. The lowest BCUT2D eigenvalue weighted by Gasteiger charge is -2.17. The molecule has 0 bridgehead atoms. The lowest BCUT2D eigenvalue weighted by Crippen LogP contribution is -2.33. The molecule has 18 heavy (non-hydrogen) atoms. The Kier molecular flexibility index (Phi) is 3.89. The fraction of sp³-hybridized carbons (Fsp3) is 0.308. The van der Waals surface area contributed by atoms with Crippen molar-refractivity contribution < 1.29 is 14.3 Å². The first-order valence-corrected chi connectivity index (χ1v) is 6.12. The van der Waals surface area contributed by atoms with Crippen LogP contribution in [-0.2, 0) is 0 Å². The third-order valence-electron chi connectivity index (χ3n) is 2.73. The van der Waals surface area contributed by atoms with Crippen LogP contribution < -0.4 is 0 Å². The van der Waals surface area contributed by atoms with Crippen LogP contribution in [0.4, 0.5) is 0 Å². The first kappa shape index (κ1) is 12.9. The van der Waals surface area contributed by atoms with Crippen LogP contribution in [0.2, 0.25) is 5.02 Å². The fourth-order valence-electron chi connectivity index (χ4n) is 1.80. The largest absolute Gasteiger partial charge is 0.451 e. The maximum atomic E-state index is 12.1. The van der Waals surface area contributed by atoms with Gasteiger partial charge in [0.15, 0.2) is 5.76 Å². The average molecular weight is 268 g/mol. The second-order valence-electron chi connectivity index (χ2n) is 3.90. The number of furan rings is 1. The Bertz CT molecular complexity index is 564. The van der Waals surface area contributed by atoms with E-state index in [-0.39, 0.29) is 18.3 Å². The van der Waals surface area contributed by atoms with Crippen LogP contribution in [0.1, 0.15) is 17.5 Å². The minimum absolute atomic E-state index is 0.0639. The Balaban J connectivity index is 2.32. The van der Waals surface area contributed by atoms with E-state index in [1.54, 1.807) is 24.3 Å². The smallest absolute Gasteiger partial charge is 0.289 e. The molecule has 0 atom stereocenters. The molecule has 2 aromatic rings. The Morgan fingerprint density at radius 1 is 1.44 bits per heavy atom. The first-order valence-electron chi connectivity index (χ1n) is 5.75. The monoisotopic (exact) mass is 267 g/mol. The summed E-state index contributed by atoms with van der Waals surface area (Å²) in [5, 5.41) is 10.3. The van der Waals surface area contributed by atoms with Crippen molar-refractivity contribution in [2.24, 2.45) is 0 Å². The summed E-state index contributed by atoms with van der Waals surface area (Å²) in [5.74, 6) is 0.0430. The molecule has 0 radical (unpaired) electrons. The molecule has 1 N–H and O–H groups in total. The standard InChI is InChI=1S/C13H14ClNO3/c1-2-15(5-6-16)13(17)12-8-9-7-10(14)3-4-11(9)18-12/h3-4,7-8,16H,2,5-6H2,1H3. The summed E-state index contributed by atoms with van der Waals surface area (Å²) in [7, 11) is 0. The van der Waals surface area contributed by atoms with Crippen molar-refractivity contribution in [1.29, 1.82) is 0 Å². The van der Waals surface area contributed by atoms with Crippen LogP contribution in [-0.4, -0.2) is 35.6 Å². The number of halogens is 1. The van der Waals surface area contributed by atoms with E-state index in [9.17, 15) is 4.79 Å². The number of aliphatic hydroxyl groups is 1. The van der Waals surface area contributed by atoms with E-state index in [0.29, 0.717) is 23.7 Å². The molecule has 1 heterocycles. The molecule has 0 unspecified atom stereocenters.